The highest BCUT2D eigenvalue weighted by Gasteiger charge is 2.28. The molecule has 0 spiro atoms. The molecule has 0 saturated carbocycles. The molecule has 1 aromatic carbocycles. The topological polar surface area (TPSA) is 59.2 Å². The second-order valence-corrected chi connectivity index (χ2v) is 6.64. The maximum atomic E-state index is 13.0. The van der Waals surface area contributed by atoms with Gasteiger partial charge in [0.05, 0.1) is 6.04 Å². The lowest BCUT2D eigenvalue weighted by molar-refractivity contribution is 0.0741. The maximum Gasteiger partial charge on any atom is 0.260 e. The number of aryl methyl sites for hydroxylation is 2. The van der Waals surface area contributed by atoms with Crippen LogP contribution in [0.1, 0.15) is 39.8 Å². The molecule has 0 fully saturated rings. The lowest BCUT2D eigenvalue weighted by Crippen LogP contribution is -2.30. The highest BCUT2D eigenvalue weighted by molar-refractivity contribution is 7.09. The van der Waals surface area contributed by atoms with Crippen LogP contribution in [-0.4, -0.2) is 28.0 Å². The van der Waals surface area contributed by atoms with Crippen LogP contribution in [0.2, 0.25) is 0 Å². The maximum absolute atomic E-state index is 13.0. The molecule has 6 heteroatoms. The average molecular weight is 341 g/mol. The van der Waals surface area contributed by atoms with Gasteiger partial charge in [-0.2, -0.15) is 0 Å². The summed E-state index contributed by atoms with van der Waals surface area (Å²) in [5.74, 6) is 0.404. The Bertz CT molecular complexity index is 854. The van der Waals surface area contributed by atoms with Gasteiger partial charge in [-0.15, -0.1) is 11.3 Å². The van der Waals surface area contributed by atoms with Crippen LogP contribution < -0.4 is 0 Å². The Balaban J connectivity index is 1.94. The monoisotopic (exact) mass is 341 g/mol. The number of benzene rings is 1. The van der Waals surface area contributed by atoms with Crippen LogP contribution >= 0.6 is 11.3 Å². The van der Waals surface area contributed by atoms with E-state index >= 15 is 0 Å². The van der Waals surface area contributed by atoms with Crippen molar-refractivity contribution >= 4 is 17.2 Å². The van der Waals surface area contributed by atoms with E-state index in [1.54, 1.807) is 30.2 Å². The number of amides is 1. The van der Waals surface area contributed by atoms with Crippen LogP contribution in [0.25, 0.3) is 11.3 Å². The highest BCUT2D eigenvalue weighted by atomic mass is 32.1. The van der Waals surface area contributed by atoms with Crippen LogP contribution in [0.3, 0.4) is 0 Å². The van der Waals surface area contributed by atoms with E-state index in [-0.39, 0.29) is 11.9 Å². The number of thiazole rings is 1. The third-order valence-electron chi connectivity index (χ3n) is 4.02. The zero-order valence-electron chi connectivity index (χ0n) is 14.1. The minimum atomic E-state index is -0.118. The van der Waals surface area contributed by atoms with Gasteiger partial charge in [-0.25, -0.2) is 4.98 Å². The van der Waals surface area contributed by atoms with Crippen LogP contribution in [0, 0.1) is 13.8 Å². The van der Waals surface area contributed by atoms with E-state index in [1.165, 1.54) is 0 Å². The number of hydrogen-bond acceptors (Lipinski definition) is 5. The third kappa shape index (κ3) is 2.97. The van der Waals surface area contributed by atoms with Gasteiger partial charge in [0.15, 0.2) is 0 Å². The largest absolute Gasteiger partial charge is 0.360 e. The number of carbonyl (C=O) groups is 1. The number of nitrogens with zero attached hydrogens (tertiary/aromatic N) is 3. The van der Waals surface area contributed by atoms with Gasteiger partial charge in [-0.3, -0.25) is 4.79 Å². The van der Waals surface area contributed by atoms with Crippen LogP contribution in [0.4, 0.5) is 0 Å². The first-order valence-corrected chi connectivity index (χ1v) is 8.58. The first-order valence-electron chi connectivity index (χ1n) is 7.70. The van der Waals surface area contributed by atoms with Crippen molar-refractivity contribution in [1.82, 2.24) is 15.0 Å². The van der Waals surface area contributed by atoms with Gasteiger partial charge >= 0.3 is 0 Å². The summed E-state index contributed by atoms with van der Waals surface area (Å²) in [6, 6.07) is 9.48. The molecule has 3 aromatic rings. The fraction of sp³-hybridized carbons (Fsp3) is 0.278. The molecule has 2 heterocycles. The van der Waals surface area contributed by atoms with Gasteiger partial charge < -0.3 is 9.42 Å². The fourth-order valence-corrected chi connectivity index (χ4v) is 3.39. The van der Waals surface area contributed by atoms with Crippen LogP contribution in [0.15, 0.2) is 40.2 Å². The van der Waals surface area contributed by atoms with Crippen molar-refractivity contribution in [1.29, 1.82) is 0 Å². The van der Waals surface area contributed by atoms with Crippen molar-refractivity contribution in [3.63, 3.8) is 0 Å². The van der Waals surface area contributed by atoms with E-state index in [9.17, 15) is 4.79 Å². The van der Waals surface area contributed by atoms with Gasteiger partial charge in [-0.1, -0.05) is 35.5 Å². The van der Waals surface area contributed by atoms with Crippen LogP contribution in [0.5, 0.6) is 0 Å². The van der Waals surface area contributed by atoms with Crippen LogP contribution in [-0.2, 0) is 0 Å². The Hall–Kier alpha value is -2.47. The van der Waals surface area contributed by atoms with E-state index < -0.39 is 0 Å². The predicted molar refractivity (Wildman–Crippen MR) is 94.0 cm³/mol. The van der Waals surface area contributed by atoms with E-state index in [1.807, 2.05) is 49.6 Å². The third-order valence-corrected chi connectivity index (χ3v) is 5.15. The van der Waals surface area contributed by atoms with Gasteiger partial charge in [0.1, 0.15) is 22.0 Å². The standard InChI is InChI=1S/C18H19N3O2S/c1-11-10-24-17(19-11)12(2)21(4)18(22)15-13(3)23-20-16(15)14-8-6-5-7-9-14/h5-10,12H,1-4H3/t12-/m0/s1. The van der Waals surface area contributed by atoms with Crippen molar-refractivity contribution in [2.24, 2.45) is 0 Å². The van der Waals surface area contributed by atoms with Crippen molar-refractivity contribution in [3.8, 4) is 11.3 Å². The number of rotatable bonds is 4. The van der Waals surface area contributed by atoms with Crippen molar-refractivity contribution < 1.29 is 9.32 Å². The minimum absolute atomic E-state index is 0.117. The predicted octanol–water partition coefficient (Wildman–Crippen LogP) is 4.25. The molecule has 3 rings (SSSR count). The molecule has 0 saturated heterocycles. The number of hydrogen-bond donors (Lipinski definition) is 0. The van der Waals surface area contributed by atoms with Crippen molar-refractivity contribution in [2.75, 3.05) is 7.05 Å². The number of carbonyl (C=O) groups excluding carboxylic acids is 1. The smallest absolute Gasteiger partial charge is 0.260 e. The Morgan fingerprint density at radius 1 is 1.25 bits per heavy atom. The Kier molecular flexibility index (Phi) is 4.49. The van der Waals surface area contributed by atoms with E-state index in [0.717, 1.165) is 16.3 Å². The summed E-state index contributed by atoms with van der Waals surface area (Å²) in [7, 11) is 1.78. The molecule has 0 unspecified atom stereocenters. The summed E-state index contributed by atoms with van der Waals surface area (Å²) >= 11 is 1.56. The highest BCUT2D eigenvalue weighted by Crippen LogP contribution is 2.29. The molecule has 24 heavy (non-hydrogen) atoms. The Morgan fingerprint density at radius 3 is 2.58 bits per heavy atom. The summed E-state index contributed by atoms with van der Waals surface area (Å²) in [6.45, 7) is 5.69. The van der Waals surface area contributed by atoms with Gasteiger partial charge in [0.2, 0.25) is 0 Å². The molecular formula is C18H19N3O2S. The van der Waals surface area contributed by atoms with Gasteiger partial charge in [0.25, 0.3) is 5.91 Å². The molecule has 0 bridgehead atoms. The summed E-state index contributed by atoms with van der Waals surface area (Å²) in [4.78, 5) is 19.2. The Morgan fingerprint density at radius 2 is 1.96 bits per heavy atom. The second-order valence-electron chi connectivity index (χ2n) is 5.75. The van der Waals surface area contributed by atoms with Crippen molar-refractivity contribution in [2.45, 2.75) is 26.8 Å². The molecule has 0 aliphatic rings. The molecule has 0 aliphatic heterocycles. The molecule has 124 valence electrons. The molecule has 0 N–H and O–H groups in total. The molecule has 1 amide bonds. The molecule has 0 radical (unpaired) electrons. The molecule has 5 nitrogen and oxygen atoms in total. The zero-order valence-corrected chi connectivity index (χ0v) is 14.9. The van der Waals surface area contributed by atoms with Gasteiger partial charge in [-0.05, 0) is 20.8 Å². The first kappa shape index (κ1) is 16.4. The van der Waals surface area contributed by atoms with E-state index in [4.69, 9.17) is 4.52 Å². The summed E-state index contributed by atoms with van der Waals surface area (Å²) in [5.41, 5.74) is 2.91. The minimum Gasteiger partial charge on any atom is -0.360 e. The molecule has 0 aliphatic carbocycles. The summed E-state index contributed by atoms with van der Waals surface area (Å²) in [5, 5.41) is 7.00. The SMILES string of the molecule is Cc1csc([C@H](C)N(C)C(=O)c2c(-c3ccccc3)noc2C)n1. The van der Waals surface area contributed by atoms with Crippen molar-refractivity contribution in [3.05, 3.63) is 57.7 Å². The number of aromatic nitrogens is 2. The molecule has 1 atom stereocenters. The first-order chi connectivity index (χ1) is 11.5. The molecular weight excluding hydrogens is 322 g/mol. The van der Waals surface area contributed by atoms with Gasteiger partial charge in [0, 0.05) is 23.7 Å². The second kappa shape index (κ2) is 6.57. The lowest BCUT2D eigenvalue weighted by Gasteiger charge is -2.23. The average Bonchev–Trinajstić information content (AvgIpc) is 3.19. The van der Waals surface area contributed by atoms with E-state index in [0.29, 0.717) is 17.0 Å². The summed E-state index contributed by atoms with van der Waals surface area (Å²) in [6.07, 6.45) is 0. The lowest BCUT2D eigenvalue weighted by atomic mass is 10.0. The fourth-order valence-electron chi connectivity index (χ4n) is 2.50. The summed E-state index contributed by atoms with van der Waals surface area (Å²) < 4.78 is 5.30. The Labute approximate surface area is 144 Å². The quantitative estimate of drug-likeness (QED) is 0.712. The van der Waals surface area contributed by atoms with E-state index in [2.05, 4.69) is 10.1 Å². The molecule has 2 aromatic heterocycles. The normalized spacial score (nSPS) is 12.2. The zero-order chi connectivity index (χ0) is 17.3.